The lowest BCUT2D eigenvalue weighted by Crippen LogP contribution is -2.15. The Labute approximate surface area is 182 Å². The molecule has 1 aromatic carbocycles. The number of nitrogens with zero attached hydrogens (tertiary/aromatic N) is 3. The van der Waals surface area contributed by atoms with Crippen molar-refractivity contribution in [2.24, 2.45) is 0 Å². The van der Waals surface area contributed by atoms with Gasteiger partial charge in [-0.3, -0.25) is 4.79 Å². The fraction of sp³-hybridized carbons (Fsp3) is 0.316. The van der Waals surface area contributed by atoms with Crippen molar-refractivity contribution in [3.8, 4) is 11.4 Å². The largest absolute Gasteiger partial charge is 0.324 e. The molecule has 0 fully saturated rings. The minimum absolute atomic E-state index is 0.168. The Morgan fingerprint density at radius 2 is 2.07 bits per heavy atom. The van der Waals surface area contributed by atoms with E-state index >= 15 is 0 Å². The van der Waals surface area contributed by atoms with E-state index in [1.807, 2.05) is 11.5 Å². The first-order chi connectivity index (χ1) is 13.4. The molecule has 148 valence electrons. The lowest BCUT2D eigenvalue weighted by atomic mass is 10.1. The van der Waals surface area contributed by atoms with Crippen LogP contribution in [-0.2, 0) is 11.3 Å². The van der Waals surface area contributed by atoms with Gasteiger partial charge in [0.2, 0.25) is 5.91 Å². The highest BCUT2D eigenvalue weighted by Crippen LogP contribution is 2.31. The molecular weight excluding hydrogens is 435 g/mol. The first-order valence-corrected chi connectivity index (χ1v) is 11.4. The van der Waals surface area contributed by atoms with Crippen molar-refractivity contribution in [3.05, 3.63) is 44.6 Å². The number of thiophene rings is 1. The van der Waals surface area contributed by atoms with Gasteiger partial charge in [0.05, 0.1) is 16.5 Å². The van der Waals surface area contributed by atoms with Crippen molar-refractivity contribution in [2.45, 2.75) is 38.4 Å². The molecule has 0 aliphatic heterocycles. The van der Waals surface area contributed by atoms with E-state index in [2.05, 4.69) is 40.8 Å². The molecule has 2 aromatic heterocycles. The zero-order valence-corrected chi connectivity index (χ0v) is 18.8. The number of anilines is 1. The molecule has 5 nitrogen and oxygen atoms in total. The molecule has 3 aromatic rings. The monoisotopic (exact) mass is 454 g/mol. The first kappa shape index (κ1) is 21.2. The van der Waals surface area contributed by atoms with Gasteiger partial charge in [-0.2, -0.15) is 0 Å². The molecular formula is C19H20Cl2N4OS2. The smallest absolute Gasteiger partial charge is 0.234 e. The number of thioether (sulfide) groups is 1. The van der Waals surface area contributed by atoms with Gasteiger partial charge in [0.1, 0.15) is 0 Å². The Hall–Kier alpha value is -1.54. The van der Waals surface area contributed by atoms with E-state index < -0.39 is 0 Å². The van der Waals surface area contributed by atoms with E-state index in [-0.39, 0.29) is 11.7 Å². The summed E-state index contributed by atoms with van der Waals surface area (Å²) in [6.07, 6.45) is 0. The first-order valence-electron chi connectivity index (χ1n) is 8.78. The van der Waals surface area contributed by atoms with Crippen LogP contribution in [0.15, 0.2) is 34.8 Å². The highest BCUT2D eigenvalue weighted by molar-refractivity contribution is 7.99. The molecule has 3 rings (SSSR count). The molecule has 2 heterocycles. The third-order valence-electron chi connectivity index (χ3n) is 4.02. The summed E-state index contributed by atoms with van der Waals surface area (Å²) in [5.74, 6) is 1.35. The Morgan fingerprint density at radius 3 is 2.71 bits per heavy atom. The van der Waals surface area contributed by atoms with Crippen molar-refractivity contribution in [3.63, 3.8) is 0 Å². The maximum Gasteiger partial charge on any atom is 0.234 e. The number of aromatic nitrogens is 3. The van der Waals surface area contributed by atoms with Crippen LogP contribution < -0.4 is 5.32 Å². The lowest BCUT2D eigenvalue weighted by molar-refractivity contribution is -0.113. The van der Waals surface area contributed by atoms with Gasteiger partial charge in [-0.15, -0.1) is 21.5 Å². The molecule has 0 saturated heterocycles. The normalized spacial score (nSPS) is 11.2. The summed E-state index contributed by atoms with van der Waals surface area (Å²) >= 11 is 15.1. The van der Waals surface area contributed by atoms with Crippen LogP contribution in [0.5, 0.6) is 0 Å². The summed E-state index contributed by atoms with van der Waals surface area (Å²) in [5, 5.41) is 15.2. The number of benzene rings is 1. The van der Waals surface area contributed by atoms with Gasteiger partial charge in [-0.1, -0.05) is 48.8 Å². The van der Waals surface area contributed by atoms with E-state index in [0.717, 1.165) is 17.9 Å². The SMILES string of the molecule is CCn1c(SCC(=O)Nc2ccc(Cl)cc2Cl)nnc1-c1csc(C(C)C)c1. The number of rotatable bonds is 7. The number of nitrogens with one attached hydrogen (secondary N) is 1. The molecule has 1 amide bonds. The molecule has 0 spiro atoms. The quantitative estimate of drug-likeness (QED) is 0.432. The minimum Gasteiger partial charge on any atom is -0.324 e. The van der Waals surface area contributed by atoms with E-state index in [9.17, 15) is 4.79 Å². The maximum atomic E-state index is 12.3. The van der Waals surface area contributed by atoms with Crippen LogP contribution in [0, 0.1) is 0 Å². The van der Waals surface area contributed by atoms with Crippen molar-refractivity contribution < 1.29 is 4.79 Å². The standard InChI is InChI=1S/C19H20Cl2N4OS2/c1-4-25-18(12-7-16(11(2)3)27-9-12)23-24-19(25)28-10-17(26)22-15-6-5-13(20)8-14(15)21/h5-9,11H,4,10H2,1-3H3,(H,22,26). The Morgan fingerprint density at radius 1 is 1.29 bits per heavy atom. The van der Waals surface area contributed by atoms with Crippen LogP contribution in [0.2, 0.25) is 10.0 Å². The van der Waals surface area contributed by atoms with Crippen molar-refractivity contribution >= 4 is 57.9 Å². The number of carbonyl (C=O) groups excluding carboxylic acids is 1. The second-order valence-electron chi connectivity index (χ2n) is 6.40. The Kier molecular flexibility index (Phi) is 7.04. The van der Waals surface area contributed by atoms with Crippen LogP contribution in [0.4, 0.5) is 5.69 Å². The highest BCUT2D eigenvalue weighted by Gasteiger charge is 2.17. The lowest BCUT2D eigenvalue weighted by Gasteiger charge is -2.08. The number of hydrogen-bond acceptors (Lipinski definition) is 5. The molecule has 28 heavy (non-hydrogen) atoms. The van der Waals surface area contributed by atoms with Crippen molar-refractivity contribution in [1.29, 1.82) is 0 Å². The van der Waals surface area contributed by atoms with Crippen LogP contribution in [0.3, 0.4) is 0 Å². The summed E-state index contributed by atoms with van der Waals surface area (Å²) < 4.78 is 2.03. The Bertz CT molecular complexity index is 984. The molecule has 9 heteroatoms. The van der Waals surface area contributed by atoms with Crippen molar-refractivity contribution in [1.82, 2.24) is 14.8 Å². The molecule has 0 atom stereocenters. The van der Waals surface area contributed by atoms with Crippen molar-refractivity contribution in [2.75, 3.05) is 11.1 Å². The van der Waals surface area contributed by atoms with Gasteiger partial charge in [0, 0.05) is 27.4 Å². The predicted molar refractivity (Wildman–Crippen MR) is 119 cm³/mol. The third kappa shape index (κ3) is 4.89. The number of hydrogen-bond donors (Lipinski definition) is 1. The van der Waals surface area contributed by atoms with Gasteiger partial charge in [0.15, 0.2) is 11.0 Å². The summed E-state index contributed by atoms with van der Waals surface area (Å²) in [6.45, 7) is 7.11. The van der Waals surface area contributed by atoms with Crippen LogP contribution in [-0.4, -0.2) is 26.4 Å². The minimum atomic E-state index is -0.168. The van der Waals surface area contributed by atoms with Crippen LogP contribution in [0.1, 0.15) is 31.6 Å². The number of carbonyl (C=O) groups is 1. The summed E-state index contributed by atoms with van der Waals surface area (Å²) in [7, 11) is 0. The van der Waals surface area contributed by atoms with Gasteiger partial charge < -0.3 is 9.88 Å². The number of amides is 1. The number of halogens is 2. The maximum absolute atomic E-state index is 12.3. The van der Waals surface area contributed by atoms with E-state index in [0.29, 0.717) is 26.8 Å². The van der Waals surface area contributed by atoms with E-state index in [1.165, 1.54) is 16.6 Å². The summed E-state index contributed by atoms with van der Waals surface area (Å²) in [4.78, 5) is 13.6. The predicted octanol–water partition coefficient (Wildman–Crippen LogP) is 6.19. The molecule has 0 saturated carbocycles. The molecule has 0 aliphatic rings. The topological polar surface area (TPSA) is 59.8 Å². The van der Waals surface area contributed by atoms with Gasteiger partial charge >= 0.3 is 0 Å². The van der Waals surface area contributed by atoms with Crippen LogP contribution in [0.25, 0.3) is 11.4 Å². The molecule has 0 radical (unpaired) electrons. The summed E-state index contributed by atoms with van der Waals surface area (Å²) in [6, 6.07) is 7.12. The van der Waals surface area contributed by atoms with Gasteiger partial charge in [-0.05, 0) is 37.1 Å². The van der Waals surface area contributed by atoms with Gasteiger partial charge in [-0.25, -0.2) is 0 Å². The second kappa shape index (κ2) is 9.31. The zero-order chi connectivity index (χ0) is 20.3. The van der Waals surface area contributed by atoms with E-state index in [1.54, 1.807) is 29.5 Å². The fourth-order valence-electron chi connectivity index (χ4n) is 2.57. The zero-order valence-electron chi connectivity index (χ0n) is 15.7. The molecule has 0 unspecified atom stereocenters. The average molecular weight is 455 g/mol. The average Bonchev–Trinajstić information content (AvgIpc) is 3.28. The third-order valence-corrected chi connectivity index (χ3v) is 6.77. The molecule has 0 aliphatic carbocycles. The molecule has 0 bridgehead atoms. The summed E-state index contributed by atoms with van der Waals surface area (Å²) in [5.41, 5.74) is 1.60. The molecule has 1 N–H and O–H groups in total. The van der Waals surface area contributed by atoms with Crippen LogP contribution >= 0.6 is 46.3 Å². The fourth-order valence-corrected chi connectivity index (χ4v) is 4.74. The Balaban J connectivity index is 1.69. The second-order valence-corrected chi connectivity index (χ2v) is 9.13. The highest BCUT2D eigenvalue weighted by atomic mass is 35.5. The van der Waals surface area contributed by atoms with E-state index in [4.69, 9.17) is 23.2 Å². The van der Waals surface area contributed by atoms with Gasteiger partial charge in [0.25, 0.3) is 0 Å².